The Labute approximate surface area is 108 Å². The maximum Gasteiger partial charge on any atom is 0.0223 e. The van der Waals surface area contributed by atoms with Crippen LogP contribution in [0.25, 0.3) is 0 Å². The van der Waals surface area contributed by atoms with Gasteiger partial charge in [-0.15, -0.1) is 0 Å². The van der Waals surface area contributed by atoms with Gasteiger partial charge in [0.25, 0.3) is 0 Å². The van der Waals surface area contributed by atoms with Gasteiger partial charge in [-0.2, -0.15) is 0 Å². The zero-order valence-corrected chi connectivity index (χ0v) is 12.3. The molecule has 17 heavy (non-hydrogen) atoms. The summed E-state index contributed by atoms with van der Waals surface area (Å²) in [6.45, 7) is 13.0. The number of nitrogens with zero attached hydrogens (tertiary/aromatic N) is 1. The van der Waals surface area contributed by atoms with E-state index < -0.39 is 0 Å². The van der Waals surface area contributed by atoms with Crippen LogP contribution in [-0.4, -0.2) is 36.6 Å². The van der Waals surface area contributed by atoms with Gasteiger partial charge in [0, 0.05) is 18.6 Å². The second-order valence-corrected chi connectivity index (χ2v) is 5.86. The number of hydrogen-bond acceptors (Lipinski definition) is 2. The van der Waals surface area contributed by atoms with Crippen LogP contribution in [0, 0.1) is 5.92 Å². The van der Waals surface area contributed by atoms with Crippen LogP contribution in [0.2, 0.25) is 0 Å². The quantitative estimate of drug-likeness (QED) is 0.687. The molecule has 0 aromatic carbocycles. The van der Waals surface area contributed by atoms with Gasteiger partial charge < -0.3 is 5.32 Å². The van der Waals surface area contributed by atoms with E-state index in [0.717, 1.165) is 18.0 Å². The van der Waals surface area contributed by atoms with Crippen molar-refractivity contribution in [3.05, 3.63) is 0 Å². The molecule has 0 radical (unpaired) electrons. The van der Waals surface area contributed by atoms with Crippen LogP contribution < -0.4 is 5.32 Å². The third kappa shape index (κ3) is 4.97. The Balaban J connectivity index is 2.44. The molecule has 2 heteroatoms. The molecule has 0 aromatic rings. The molecule has 1 heterocycles. The predicted octanol–water partition coefficient (Wildman–Crippen LogP) is 3.28. The first-order chi connectivity index (χ1) is 8.19. The van der Waals surface area contributed by atoms with Gasteiger partial charge in [-0.1, -0.05) is 27.2 Å². The molecule has 0 aliphatic carbocycles. The van der Waals surface area contributed by atoms with Crippen molar-refractivity contribution in [2.24, 2.45) is 5.92 Å². The van der Waals surface area contributed by atoms with Gasteiger partial charge in [-0.3, -0.25) is 4.90 Å². The van der Waals surface area contributed by atoms with Crippen molar-refractivity contribution in [1.82, 2.24) is 10.2 Å². The van der Waals surface area contributed by atoms with Gasteiger partial charge in [0.2, 0.25) is 0 Å². The summed E-state index contributed by atoms with van der Waals surface area (Å²) in [4.78, 5) is 2.76. The molecule has 3 atom stereocenters. The summed E-state index contributed by atoms with van der Waals surface area (Å²) in [6.07, 6.45) is 6.66. The first-order valence-electron chi connectivity index (χ1n) is 7.65. The molecule has 0 amide bonds. The van der Waals surface area contributed by atoms with Crippen LogP contribution >= 0.6 is 0 Å². The number of likely N-dealkylation sites (tertiary alicyclic amines) is 1. The summed E-state index contributed by atoms with van der Waals surface area (Å²) in [5.41, 5.74) is 0. The predicted molar refractivity (Wildman–Crippen MR) is 76.4 cm³/mol. The third-order valence-corrected chi connectivity index (χ3v) is 4.09. The Kier molecular flexibility index (Phi) is 7.14. The SMILES string of the molecule is CCCNCC(CCC)N1CCC(C)CC1C. The summed E-state index contributed by atoms with van der Waals surface area (Å²) in [5.74, 6) is 0.923. The van der Waals surface area contributed by atoms with Crippen LogP contribution in [0.5, 0.6) is 0 Å². The molecular weight excluding hydrogens is 208 g/mol. The molecule has 0 spiro atoms. The van der Waals surface area contributed by atoms with E-state index in [1.54, 1.807) is 0 Å². The van der Waals surface area contributed by atoms with Crippen molar-refractivity contribution in [3.8, 4) is 0 Å². The van der Waals surface area contributed by atoms with E-state index in [-0.39, 0.29) is 0 Å². The van der Waals surface area contributed by atoms with Gasteiger partial charge in [-0.25, -0.2) is 0 Å². The molecule has 1 fully saturated rings. The summed E-state index contributed by atoms with van der Waals surface area (Å²) >= 11 is 0. The van der Waals surface area contributed by atoms with Crippen LogP contribution in [0.3, 0.4) is 0 Å². The molecule has 1 rings (SSSR count). The van der Waals surface area contributed by atoms with E-state index in [0.29, 0.717) is 0 Å². The van der Waals surface area contributed by atoms with Crippen molar-refractivity contribution >= 4 is 0 Å². The second kappa shape index (κ2) is 8.10. The molecule has 0 bridgehead atoms. The summed E-state index contributed by atoms with van der Waals surface area (Å²) in [7, 11) is 0. The minimum Gasteiger partial charge on any atom is -0.315 e. The van der Waals surface area contributed by atoms with Gasteiger partial charge in [-0.05, 0) is 51.6 Å². The highest BCUT2D eigenvalue weighted by atomic mass is 15.2. The molecule has 1 N–H and O–H groups in total. The highest BCUT2D eigenvalue weighted by Gasteiger charge is 2.27. The molecule has 3 unspecified atom stereocenters. The minimum atomic E-state index is 0.758. The Morgan fingerprint density at radius 1 is 1.24 bits per heavy atom. The lowest BCUT2D eigenvalue weighted by Crippen LogP contribution is -2.50. The standard InChI is InChI=1S/C15H32N2/c1-5-7-15(12-16-9-6-2)17-10-8-13(3)11-14(17)4/h13-16H,5-12H2,1-4H3. The topological polar surface area (TPSA) is 15.3 Å². The first kappa shape index (κ1) is 15.0. The Bertz CT molecular complexity index is 193. The number of rotatable bonds is 7. The molecule has 102 valence electrons. The highest BCUT2D eigenvalue weighted by Crippen LogP contribution is 2.25. The van der Waals surface area contributed by atoms with Crippen LogP contribution in [0.1, 0.15) is 59.8 Å². The number of nitrogens with one attached hydrogen (secondary N) is 1. The maximum absolute atomic E-state index is 3.61. The normalized spacial score (nSPS) is 28.2. The molecule has 0 aromatic heterocycles. The van der Waals surface area contributed by atoms with Crippen molar-refractivity contribution in [1.29, 1.82) is 0 Å². The van der Waals surface area contributed by atoms with Gasteiger partial charge in [0.15, 0.2) is 0 Å². The number of piperidine rings is 1. The fourth-order valence-corrected chi connectivity index (χ4v) is 3.13. The van der Waals surface area contributed by atoms with Crippen LogP contribution in [0.15, 0.2) is 0 Å². The summed E-state index contributed by atoms with van der Waals surface area (Å²) in [6, 6.07) is 1.53. The molecular formula is C15H32N2. The lowest BCUT2D eigenvalue weighted by Gasteiger charge is -2.42. The molecule has 1 aliphatic heterocycles. The zero-order chi connectivity index (χ0) is 12.7. The van der Waals surface area contributed by atoms with E-state index in [1.807, 2.05) is 0 Å². The molecule has 2 nitrogen and oxygen atoms in total. The zero-order valence-electron chi connectivity index (χ0n) is 12.3. The van der Waals surface area contributed by atoms with E-state index in [2.05, 4.69) is 37.9 Å². The maximum atomic E-state index is 3.61. The molecule has 1 saturated heterocycles. The van der Waals surface area contributed by atoms with Crippen molar-refractivity contribution in [2.75, 3.05) is 19.6 Å². The van der Waals surface area contributed by atoms with E-state index in [1.165, 1.54) is 51.7 Å². The fourth-order valence-electron chi connectivity index (χ4n) is 3.13. The number of hydrogen-bond donors (Lipinski definition) is 1. The summed E-state index contributed by atoms with van der Waals surface area (Å²) in [5, 5.41) is 3.61. The van der Waals surface area contributed by atoms with Crippen molar-refractivity contribution in [2.45, 2.75) is 71.9 Å². The smallest absolute Gasteiger partial charge is 0.0223 e. The Morgan fingerprint density at radius 3 is 2.59 bits per heavy atom. The monoisotopic (exact) mass is 240 g/mol. The second-order valence-electron chi connectivity index (χ2n) is 5.86. The molecule has 0 saturated carbocycles. The van der Waals surface area contributed by atoms with E-state index >= 15 is 0 Å². The molecule has 1 aliphatic rings. The minimum absolute atomic E-state index is 0.758. The average Bonchev–Trinajstić information content (AvgIpc) is 2.28. The van der Waals surface area contributed by atoms with E-state index in [4.69, 9.17) is 0 Å². The van der Waals surface area contributed by atoms with Crippen molar-refractivity contribution < 1.29 is 0 Å². The van der Waals surface area contributed by atoms with Gasteiger partial charge in [0.05, 0.1) is 0 Å². The van der Waals surface area contributed by atoms with Crippen LogP contribution in [0.4, 0.5) is 0 Å². The first-order valence-corrected chi connectivity index (χ1v) is 7.65. The van der Waals surface area contributed by atoms with Crippen LogP contribution in [-0.2, 0) is 0 Å². The largest absolute Gasteiger partial charge is 0.315 e. The lowest BCUT2D eigenvalue weighted by atomic mass is 9.91. The summed E-state index contributed by atoms with van der Waals surface area (Å²) < 4.78 is 0. The average molecular weight is 240 g/mol. The fraction of sp³-hybridized carbons (Fsp3) is 1.00. The lowest BCUT2D eigenvalue weighted by molar-refractivity contribution is 0.0762. The van der Waals surface area contributed by atoms with Gasteiger partial charge in [0.1, 0.15) is 0 Å². The Hall–Kier alpha value is -0.0800. The highest BCUT2D eigenvalue weighted by molar-refractivity contribution is 4.83. The van der Waals surface area contributed by atoms with Gasteiger partial charge >= 0.3 is 0 Å². The van der Waals surface area contributed by atoms with Crippen molar-refractivity contribution in [3.63, 3.8) is 0 Å². The van der Waals surface area contributed by atoms with E-state index in [9.17, 15) is 0 Å². The third-order valence-electron chi connectivity index (χ3n) is 4.09. The Morgan fingerprint density at radius 2 is 2.00 bits per heavy atom.